The van der Waals surface area contributed by atoms with Crippen molar-refractivity contribution in [3.63, 3.8) is 0 Å². The fourth-order valence-electron chi connectivity index (χ4n) is 1.31. The van der Waals surface area contributed by atoms with Crippen molar-refractivity contribution in [3.05, 3.63) is 34.4 Å². The number of carboxylic acid groups (broad SMARTS) is 1. The second-order valence-electron chi connectivity index (χ2n) is 3.31. The van der Waals surface area contributed by atoms with Gasteiger partial charge in [-0.3, -0.25) is 10.1 Å². The van der Waals surface area contributed by atoms with Gasteiger partial charge >= 0.3 is 0 Å². The van der Waals surface area contributed by atoms with Gasteiger partial charge in [0.1, 0.15) is 5.56 Å². The standard InChI is InChI=1S/C10H7N3O5S/c14-8(15)5-19-10-12-11-9(18-10)6-3-1-2-4-7(6)13(16)17/h1-4H,5H2,(H,14,15)/p-1. The van der Waals surface area contributed by atoms with Gasteiger partial charge in [-0.15, -0.1) is 10.2 Å². The highest BCUT2D eigenvalue weighted by molar-refractivity contribution is 7.99. The average Bonchev–Trinajstić information content (AvgIpc) is 2.85. The van der Waals surface area contributed by atoms with Gasteiger partial charge in [0.25, 0.3) is 16.8 Å². The molecule has 0 aliphatic heterocycles. The molecule has 8 nitrogen and oxygen atoms in total. The number of carboxylic acids is 1. The Hall–Kier alpha value is -2.42. The first-order chi connectivity index (χ1) is 9.08. The first-order valence-electron chi connectivity index (χ1n) is 4.98. The number of nitro benzene ring substituents is 1. The van der Waals surface area contributed by atoms with Gasteiger partial charge in [-0.1, -0.05) is 23.9 Å². The smallest absolute Gasteiger partial charge is 0.282 e. The number of hydrogen-bond acceptors (Lipinski definition) is 8. The molecule has 9 heteroatoms. The van der Waals surface area contributed by atoms with Crippen LogP contribution in [0.3, 0.4) is 0 Å². The van der Waals surface area contributed by atoms with E-state index in [1.54, 1.807) is 6.07 Å². The highest BCUT2D eigenvalue weighted by Crippen LogP contribution is 2.30. The third-order valence-electron chi connectivity index (χ3n) is 2.05. The van der Waals surface area contributed by atoms with Crippen molar-refractivity contribution in [3.8, 4) is 11.5 Å². The molecule has 2 rings (SSSR count). The van der Waals surface area contributed by atoms with E-state index in [0.717, 1.165) is 11.8 Å². The van der Waals surface area contributed by atoms with E-state index in [1.165, 1.54) is 18.2 Å². The van der Waals surface area contributed by atoms with Gasteiger partial charge in [0.2, 0.25) is 0 Å². The summed E-state index contributed by atoms with van der Waals surface area (Å²) in [6.07, 6.45) is 0. The topological polar surface area (TPSA) is 122 Å². The van der Waals surface area contributed by atoms with Crippen molar-refractivity contribution in [2.45, 2.75) is 5.22 Å². The fourth-order valence-corrected chi connectivity index (χ4v) is 1.79. The van der Waals surface area contributed by atoms with Crippen LogP contribution in [-0.4, -0.2) is 26.8 Å². The monoisotopic (exact) mass is 280 g/mol. The van der Waals surface area contributed by atoms with Crippen molar-refractivity contribution in [1.29, 1.82) is 0 Å². The zero-order chi connectivity index (χ0) is 13.8. The van der Waals surface area contributed by atoms with Crippen molar-refractivity contribution in [1.82, 2.24) is 10.2 Å². The maximum atomic E-state index is 10.8. The summed E-state index contributed by atoms with van der Waals surface area (Å²) >= 11 is 0.786. The van der Waals surface area contributed by atoms with Gasteiger partial charge in [-0.2, -0.15) is 0 Å². The molecule has 1 heterocycles. The first kappa shape index (κ1) is 13.0. The lowest BCUT2D eigenvalue weighted by Gasteiger charge is -1.97. The molecule has 0 aliphatic rings. The minimum absolute atomic E-state index is 0.0114. The molecule has 0 saturated carbocycles. The molecular formula is C10H6N3O5S-. The van der Waals surface area contributed by atoms with E-state index in [4.69, 9.17) is 4.42 Å². The summed E-state index contributed by atoms with van der Waals surface area (Å²) in [7, 11) is 0. The first-order valence-corrected chi connectivity index (χ1v) is 5.96. The van der Waals surface area contributed by atoms with Gasteiger partial charge in [-0.25, -0.2) is 0 Å². The van der Waals surface area contributed by atoms with Gasteiger partial charge in [0, 0.05) is 11.8 Å². The Labute approximate surface area is 110 Å². The van der Waals surface area contributed by atoms with Gasteiger partial charge in [0.05, 0.1) is 10.9 Å². The molecule has 0 N–H and O–H groups in total. The predicted octanol–water partition coefficient (Wildman–Crippen LogP) is 0.487. The molecule has 2 aromatic rings. The van der Waals surface area contributed by atoms with Crippen LogP contribution in [0.2, 0.25) is 0 Å². The fraction of sp³-hybridized carbons (Fsp3) is 0.100. The van der Waals surface area contributed by atoms with Crippen LogP contribution in [0.4, 0.5) is 5.69 Å². The predicted molar refractivity (Wildman–Crippen MR) is 62.1 cm³/mol. The summed E-state index contributed by atoms with van der Waals surface area (Å²) in [6.45, 7) is 0. The van der Waals surface area contributed by atoms with Crippen LogP contribution in [0.1, 0.15) is 0 Å². The van der Waals surface area contributed by atoms with E-state index in [-0.39, 0.29) is 28.1 Å². The molecule has 1 aromatic heterocycles. The highest BCUT2D eigenvalue weighted by atomic mass is 32.2. The van der Waals surface area contributed by atoms with Crippen LogP contribution in [-0.2, 0) is 4.79 Å². The van der Waals surface area contributed by atoms with Crippen LogP contribution in [0.5, 0.6) is 0 Å². The number of benzene rings is 1. The second kappa shape index (κ2) is 5.48. The van der Waals surface area contributed by atoms with Crippen molar-refractivity contribution in [2.24, 2.45) is 0 Å². The van der Waals surface area contributed by atoms with Crippen molar-refractivity contribution < 1.29 is 19.2 Å². The van der Waals surface area contributed by atoms with Crippen molar-refractivity contribution >= 4 is 23.4 Å². The van der Waals surface area contributed by atoms with Crippen LogP contribution in [0.25, 0.3) is 11.5 Å². The zero-order valence-corrected chi connectivity index (χ0v) is 10.1. The molecule has 0 radical (unpaired) electrons. The van der Waals surface area contributed by atoms with Gasteiger partial charge in [-0.05, 0) is 6.07 Å². The summed E-state index contributed by atoms with van der Waals surface area (Å²) in [5, 5.41) is 28.4. The lowest BCUT2D eigenvalue weighted by Crippen LogP contribution is -2.24. The maximum absolute atomic E-state index is 10.8. The molecule has 0 spiro atoms. The van der Waals surface area contributed by atoms with E-state index in [0.29, 0.717) is 0 Å². The zero-order valence-electron chi connectivity index (χ0n) is 9.31. The molecule has 0 fully saturated rings. The summed E-state index contributed by atoms with van der Waals surface area (Å²) in [5.74, 6) is -1.64. The number of aromatic nitrogens is 2. The molecule has 0 atom stereocenters. The van der Waals surface area contributed by atoms with Gasteiger partial charge < -0.3 is 14.3 Å². The molecule has 1 aromatic carbocycles. The number of hydrogen-bond donors (Lipinski definition) is 0. The molecular weight excluding hydrogens is 274 g/mol. The minimum atomic E-state index is -1.27. The molecule has 0 amide bonds. The Bertz CT molecular complexity index is 627. The normalized spacial score (nSPS) is 10.3. The minimum Gasteiger partial charge on any atom is -0.549 e. The Kier molecular flexibility index (Phi) is 3.76. The highest BCUT2D eigenvalue weighted by Gasteiger charge is 2.19. The summed E-state index contributed by atoms with van der Waals surface area (Å²) in [6, 6.07) is 5.90. The summed E-state index contributed by atoms with van der Waals surface area (Å²) in [5.41, 5.74) is 0.0166. The molecule has 19 heavy (non-hydrogen) atoms. The number of aliphatic carboxylic acids is 1. The quantitative estimate of drug-likeness (QED) is 0.440. The lowest BCUT2D eigenvalue weighted by atomic mass is 10.2. The maximum Gasteiger partial charge on any atom is 0.282 e. The van der Waals surface area contributed by atoms with E-state index < -0.39 is 10.9 Å². The van der Waals surface area contributed by atoms with Crippen LogP contribution in [0.15, 0.2) is 33.9 Å². The number of nitro groups is 1. The average molecular weight is 280 g/mol. The number of para-hydroxylation sites is 1. The van der Waals surface area contributed by atoms with E-state index in [1.807, 2.05) is 0 Å². The summed E-state index contributed by atoms with van der Waals surface area (Å²) in [4.78, 5) is 20.6. The number of rotatable bonds is 5. The van der Waals surface area contributed by atoms with E-state index >= 15 is 0 Å². The Balaban J connectivity index is 2.28. The van der Waals surface area contributed by atoms with E-state index in [9.17, 15) is 20.0 Å². The summed E-state index contributed by atoms with van der Waals surface area (Å²) < 4.78 is 5.16. The Morgan fingerprint density at radius 1 is 1.37 bits per heavy atom. The Morgan fingerprint density at radius 3 is 2.79 bits per heavy atom. The van der Waals surface area contributed by atoms with E-state index in [2.05, 4.69) is 10.2 Å². The number of nitrogens with zero attached hydrogens (tertiary/aromatic N) is 3. The lowest BCUT2D eigenvalue weighted by molar-refractivity contribution is -0.384. The molecule has 0 saturated heterocycles. The molecule has 98 valence electrons. The van der Waals surface area contributed by atoms with Gasteiger partial charge in [0.15, 0.2) is 0 Å². The number of thioether (sulfide) groups is 1. The van der Waals surface area contributed by atoms with Crippen molar-refractivity contribution in [2.75, 3.05) is 5.75 Å². The second-order valence-corrected chi connectivity index (χ2v) is 4.23. The van der Waals surface area contributed by atoms with Crippen LogP contribution in [0, 0.1) is 10.1 Å². The van der Waals surface area contributed by atoms with Crippen LogP contribution < -0.4 is 5.11 Å². The third kappa shape index (κ3) is 3.07. The number of carbonyl (C=O) groups is 1. The molecule has 0 unspecified atom stereocenters. The Morgan fingerprint density at radius 2 is 2.11 bits per heavy atom. The third-order valence-corrected chi connectivity index (χ3v) is 2.84. The number of carbonyl (C=O) groups excluding carboxylic acids is 1. The van der Waals surface area contributed by atoms with Crippen LogP contribution >= 0.6 is 11.8 Å². The molecule has 0 bridgehead atoms. The SMILES string of the molecule is O=C([O-])CSc1nnc(-c2ccccc2[N+](=O)[O-])o1. The molecule has 0 aliphatic carbocycles. The largest absolute Gasteiger partial charge is 0.549 e.